The fourth-order valence-corrected chi connectivity index (χ4v) is 5.13. The number of hydrogen-bond acceptors (Lipinski definition) is 10. The van der Waals surface area contributed by atoms with Crippen LogP contribution in [0.2, 0.25) is 10.0 Å². The number of aromatic nitrogens is 5. The van der Waals surface area contributed by atoms with Gasteiger partial charge in [-0.1, -0.05) is 29.8 Å². The third kappa shape index (κ3) is 5.99. The number of nitrogens with zero attached hydrogens (tertiary/aromatic N) is 5. The number of methoxy groups -OCH3 is 2. The van der Waals surface area contributed by atoms with Crippen molar-refractivity contribution < 1.29 is 19.0 Å². The van der Waals surface area contributed by atoms with Gasteiger partial charge in [0.05, 0.1) is 73.0 Å². The molecule has 1 aliphatic rings. The van der Waals surface area contributed by atoms with Crippen molar-refractivity contribution in [2.24, 2.45) is 7.05 Å². The maximum atomic E-state index is 11.9. The molecule has 0 spiro atoms. The molecule has 14 heteroatoms. The quantitative estimate of drug-likeness (QED) is 0.231. The third-order valence-electron chi connectivity index (χ3n) is 6.52. The number of halogens is 2. The maximum Gasteiger partial charge on any atom is 0.243 e. The Morgan fingerprint density at radius 1 is 1.15 bits per heavy atom. The molecule has 1 fully saturated rings. The molecule has 1 aromatic carbocycles. The van der Waals surface area contributed by atoms with Gasteiger partial charge in [-0.15, -0.1) is 0 Å². The molecule has 41 heavy (non-hydrogen) atoms. The Labute approximate surface area is 246 Å². The van der Waals surface area contributed by atoms with E-state index >= 15 is 0 Å². The third-order valence-corrected chi connectivity index (χ3v) is 7.28. The summed E-state index contributed by atoms with van der Waals surface area (Å²) in [6.07, 6.45) is 6.54. The van der Waals surface area contributed by atoms with Crippen molar-refractivity contribution in [3.05, 3.63) is 59.0 Å². The van der Waals surface area contributed by atoms with Gasteiger partial charge in [0, 0.05) is 36.8 Å². The van der Waals surface area contributed by atoms with E-state index in [0.717, 1.165) is 5.56 Å². The van der Waals surface area contributed by atoms with Crippen molar-refractivity contribution in [3.63, 3.8) is 0 Å². The fourth-order valence-electron chi connectivity index (χ4n) is 4.46. The number of carbonyl (C=O) groups excluding carboxylic acids is 1. The highest BCUT2D eigenvalue weighted by Crippen LogP contribution is 2.45. The zero-order valence-electron chi connectivity index (χ0n) is 22.6. The molecule has 1 saturated heterocycles. The molecule has 3 aromatic heterocycles. The number of amides is 1. The van der Waals surface area contributed by atoms with Gasteiger partial charge in [0.25, 0.3) is 0 Å². The van der Waals surface area contributed by atoms with Crippen LogP contribution in [0.4, 0.5) is 11.6 Å². The molecule has 2 atom stereocenters. The zero-order chi connectivity index (χ0) is 29.1. The first-order chi connectivity index (χ1) is 19.8. The second-order valence-corrected chi connectivity index (χ2v) is 10.0. The van der Waals surface area contributed by atoms with E-state index in [1.54, 1.807) is 23.1 Å². The molecule has 214 valence electrons. The standard InChI is InChI=1S/C27H28Cl2N8O4/c1-5-22(38)34-18-13-41-12-17(18)33-21-6-15-16(10-30-21)35-27(36-26(15)31-8-14-9-32-37(2)11-14)23-24(28)19(39-3)7-20(40-4)25(23)29/h5-7,9-11,17-18H,1,8,12-13H2,2-4H3,(H,30,33)(H,34,38)(H,31,35,36)/t17-,18+/m1/s1. The largest absolute Gasteiger partial charge is 0.495 e. The number of fused-ring (bicyclic) bond motifs is 1. The maximum absolute atomic E-state index is 11.9. The number of aryl methyl sites for hydroxylation is 1. The molecule has 1 amide bonds. The van der Waals surface area contributed by atoms with Gasteiger partial charge in [0.1, 0.15) is 23.1 Å². The van der Waals surface area contributed by atoms with Gasteiger partial charge in [-0.25, -0.2) is 15.0 Å². The smallest absolute Gasteiger partial charge is 0.243 e. The van der Waals surface area contributed by atoms with Crippen LogP contribution in [-0.4, -0.2) is 70.2 Å². The van der Waals surface area contributed by atoms with E-state index in [4.69, 9.17) is 47.4 Å². The molecule has 4 heterocycles. The highest BCUT2D eigenvalue weighted by Gasteiger charge is 2.29. The van der Waals surface area contributed by atoms with Gasteiger partial charge in [0.15, 0.2) is 5.82 Å². The second kappa shape index (κ2) is 12.2. The lowest BCUT2D eigenvalue weighted by atomic mass is 10.1. The van der Waals surface area contributed by atoms with E-state index < -0.39 is 0 Å². The van der Waals surface area contributed by atoms with E-state index in [0.29, 0.717) is 59.4 Å². The number of ether oxygens (including phenoxy) is 3. The molecule has 0 bridgehead atoms. The van der Waals surface area contributed by atoms with Crippen LogP contribution in [0.1, 0.15) is 5.56 Å². The van der Waals surface area contributed by atoms with Crippen molar-refractivity contribution in [1.29, 1.82) is 0 Å². The van der Waals surface area contributed by atoms with Crippen molar-refractivity contribution in [2.45, 2.75) is 18.6 Å². The van der Waals surface area contributed by atoms with Crippen LogP contribution in [0.3, 0.4) is 0 Å². The predicted molar refractivity (Wildman–Crippen MR) is 157 cm³/mol. The lowest BCUT2D eigenvalue weighted by molar-refractivity contribution is -0.117. The zero-order valence-corrected chi connectivity index (χ0v) is 24.1. The summed E-state index contributed by atoms with van der Waals surface area (Å²) in [7, 11) is 4.85. The first-order valence-electron chi connectivity index (χ1n) is 12.6. The number of anilines is 2. The summed E-state index contributed by atoms with van der Waals surface area (Å²) in [6.45, 7) is 4.73. The lowest BCUT2D eigenvalue weighted by Crippen LogP contribution is -2.45. The summed E-state index contributed by atoms with van der Waals surface area (Å²) < 4.78 is 18.2. The molecular formula is C27H28Cl2N8O4. The van der Waals surface area contributed by atoms with Crippen LogP contribution in [-0.2, 0) is 23.1 Å². The van der Waals surface area contributed by atoms with Crippen LogP contribution in [0.15, 0.2) is 43.4 Å². The van der Waals surface area contributed by atoms with Crippen LogP contribution >= 0.6 is 23.2 Å². The minimum absolute atomic E-state index is 0.197. The Kier molecular flexibility index (Phi) is 8.43. The lowest BCUT2D eigenvalue weighted by Gasteiger charge is -2.20. The van der Waals surface area contributed by atoms with E-state index in [1.807, 2.05) is 19.3 Å². The second-order valence-electron chi connectivity index (χ2n) is 9.25. The Bertz CT molecular complexity index is 1580. The fraction of sp³-hybridized carbons (Fsp3) is 0.296. The van der Waals surface area contributed by atoms with Gasteiger partial charge < -0.3 is 30.2 Å². The number of nitrogens with one attached hydrogen (secondary N) is 3. The molecule has 0 saturated carbocycles. The summed E-state index contributed by atoms with van der Waals surface area (Å²) in [4.78, 5) is 26.0. The summed E-state index contributed by atoms with van der Waals surface area (Å²) in [5.74, 6) is 1.81. The summed E-state index contributed by atoms with van der Waals surface area (Å²) in [5, 5.41) is 15.0. The molecule has 0 radical (unpaired) electrons. The number of pyridine rings is 1. The van der Waals surface area contributed by atoms with E-state index in [1.165, 1.54) is 20.3 Å². The summed E-state index contributed by atoms with van der Waals surface area (Å²) in [6, 6.07) is 3.00. The normalized spacial score (nSPS) is 16.4. The van der Waals surface area contributed by atoms with Crippen LogP contribution in [0, 0.1) is 0 Å². The first kappa shape index (κ1) is 28.4. The summed E-state index contributed by atoms with van der Waals surface area (Å²) in [5.41, 5.74) is 1.86. The first-order valence-corrected chi connectivity index (χ1v) is 13.3. The molecule has 12 nitrogen and oxygen atoms in total. The van der Waals surface area contributed by atoms with Crippen molar-refractivity contribution in [3.8, 4) is 22.9 Å². The van der Waals surface area contributed by atoms with Gasteiger partial charge in [-0.2, -0.15) is 5.10 Å². The van der Waals surface area contributed by atoms with Gasteiger partial charge in [0.2, 0.25) is 5.91 Å². The number of carbonyl (C=O) groups is 1. The Balaban J connectivity index is 1.56. The topological polar surface area (TPSA) is 137 Å². The number of rotatable bonds is 10. The van der Waals surface area contributed by atoms with Crippen molar-refractivity contribution >= 4 is 51.6 Å². The highest BCUT2D eigenvalue weighted by molar-refractivity contribution is 6.41. The van der Waals surface area contributed by atoms with E-state index in [9.17, 15) is 4.79 Å². The molecule has 0 unspecified atom stereocenters. The molecule has 3 N–H and O–H groups in total. The SMILES string of the molecule is C=CC(=O)N[C@H]1COC[C@H]1Nc1cc2c(NCc3cnn(C)c3)nc(-c3c(Cl)c(OC)cc(OC)c3Cl)nc2cn1. The Morgan fingerprint density at radius 2 is 1.88 bits per heavy atom. The average Bonchev–Trinajstić information content (AvgIpc) is 3.59. The summed E-state index contributed by atoms with van der Waals surface area (Å²) >= 11 is 13.4. The molecule has 0 aliphatic carbocycles. The highest BCUT2D eigenvalue weighted by atomic mass is 35.5. The minimum Gasteiger partial charge on any atom is -0.495 e. The molecule has 5 rings (SSSR count). The van der Waals surface area contributed by atoms with Gasteiger partial charge in [-0.3, -0.25) is 9.48 Å². The molecular weight excluding hydrogens is 571 g/mol. The predicted octanol–water partition coefficient (Wildman–Crippen LogP) is 3.84. The number of benzene rings is 1. The van der Waals surface area contributed by atoms with E-state index in [-0.39, 0.29) is 33.9 Å². The monoisotopic (exact) mass is 598 g/mol. The van der Waals surface area contributed by atoms with Crippen LogP contribution < -0.4 is 25.4 Å². The van der Waals surface area contributed by atoms with Gasteiger partial charge in [-0.05, 0) is 12.1 Å². The van der Waals surface area contributed by atoms with Gasteiger partial charge >= 0.3 is 0 Å². The number of hydrogen-bond donors (Lipinski definition) is 3. The minimum atomic E-state index is -0.270. The Hall–Kier alpha value is -4.13. The van der Waals surface area contributed by atoms with E-state index in [2.05, 4.69) is 32.6 Å². The molecule has 1 aliphatic heterocycles. The van der Waals surface area contributed by atoms with Crippen LogP contribution in [0.5, 0.6) is 11.5 Å². The van der Waals surface area contributed by atoms with Crippen molar-refractivity contribution in [2.75, 3.05) is 38.1 Å². The Morgan fingerprint density at radius 3 is 2.54 bits per heavy atom. The molecule has 4 aromatic rings. The average molecular weight is 599 g/mol. The van der Waals surface area contributed by atoms with Crippen molar-refractivity contribution in [1.82, 2.24) is 30.0 Å². The van der Waals surface area contributed by atoms with Crippen LogP contribution in [0.25, 0.3) is 22.3 Å².